The lowest BCUT2D eigenvalue weighted by Gasteiger charge is -2.24. The van der Waals surface area contributed by atoms with Crippen LogP contribution in [-0.4, -0.2) is 37.2 Å². The Morgan fingerprint density at radius 1 is 1.05 bits per heavy atom. The number of nitrogens with zero attached hydrogens (tertiary/aromatic N) is 1. The third-order valence-corrected chi connectivity index (χ3v) is 8.53. The van der Waals surface area contributed by atoms with Gasteiger partial charge >= 0.3 is 0 Å². The van der Waals surface area contributed by atoms with Crippen LogP contribution in [0.2, 0.25) is 0 Å². The number of furan rings is 1. The average molecular weight is 580 g/mol. The van der Waals surface area contributed by atoms with Crippen molar-refractivity contribution in [1.29, 1.82) is 0 Å². The van der Waals surface area contributed by atoms with E-state index in [4.69, 9.17) is 4.42 Å². The second kappa shape index (κ2) is 14.2. The van der Waals surface area contributed by atoms with Gasteiger partial charge in [0.2, 0.25) is 0 Å². The van der Waals surface area contributed by atoms with Crippen LogP contribution < -0.4 is 15.5 Å². The number of benzene rings is 2. The molecule has 0 saturated heterocycles. The Labute approximate surface area is 254 Å². The topological polar surface area (TPSA) is 91.7 Å². The average Bonchev–Trinajstić information content (AvgIpc) is 3.65. The van der Waals surface area contributed by atoms with Crippen molar-refractivity contribution in [2.75, 3.05) is 29.9 Å². The van der Waals surface area contributed by atoms with E-state index in [1.54, 1.807) is 18.2 Å². The minimum absolute atomic E-state index is 0.0160. The number of allylic oxidation sites excluding steroid dienone is 1. The van der Waals surface area contributed by atoms with E-state index >= 15 is 0 Å². The van der Waals surface area contributed by atoms with Crippen molar-refractivity contribution in [2.45, 2.75) is 58.3 Å². The van der Waals surface area contributed by atoms with Crippen LogP contribution in [0.25, 0.3) is 0 Å². The molecule has 5 rings (SSSR count). The SMILES string of the molecule is C=C(CCCNC(=O)c1ccc(CC2=CCCN(c3ccccc3C)CC2)c(NC(=O)c2ccco2)c1)C1CCCC1=O. The number of ketones is 1. The molecular formula is C36H41N3O4. The highest BCUT2D eigenvalue weighted by Gasteiger charge is 2.26. The predicted molar refractivity (Wildman–Crippen MR) is 171 cm³/mol. The van der Waals surface area contributed by atoms with E-state index < -0.39 is 0 Å². The van der Waals surface area contributed by atoms with Crippen LogP contribution in [0.3, 0.4) is 0 Å². The van der Waals surface area contributed by atoms with Crippen LogP contribution >= 0.6 is 0 Å². The number of hydrogen-bond acceptors (Lipinski definition) is 5. The van der Waals surface area contributed by atoms with Gasteiger partial charge in [-0.3, -0.25) is 14.4 Å². The molecule has 2 aromatic carbocycles. The van der Waals surface area contributed by atoms with E-state index in [1.807, 2.05) is 12.1 Å². The fourth-order valence-electron chi connectivity index (χ4n) is 6.10. The molecule has 0 spiro atoms. The smallest absolute Gasteiger partial charge is 0.291 e. The summed E-state index contributed by atoms with van der Waals surface area (Å²) in [5, 5.41) is 5.96. The van der Waals surface area contributed by atoms with Gasteiger partial charge in [0.1, 0.15) is 5.78 Å². The Kier molecular flexibility index (Phi) is 9.92. The number of aryl methyl sites for hydroxylation is 1. The number of Topliss-reactive ketones (excluding diaryl/α,β-unsaturated/α-hetero) is 1. The summed E-state index contributed by atoms with van der Waals surface area (Å²) in [6.45, 7) is 8.64. The highest BCUT2D eigenvalue weighted by Crippen LogP contribution is 2.30. The van der Waals surface area contributed by atoms with Crippen LogP contribution in [-0.2, 0) is 11.2 Å². The van der Waals surface area contributed by atoms with Crippen LogP contribution in [0, 0.1) is 12.8 Å². The number of nitrogens with one attached hydrogen (secondary N) is 2. The molecule has 0 bridgehead atoms. The van der Waals surface area contributed by atoms with Crippen molar-refractivity contribution in [3.8, 4) is 0 Å². The zero-order valence-electron chi connectivity index (χ0n) is 25.0. The monoisotopic (exact) mass is 579 g/mol. The summed E-state index contributed by atoms with van der Waals surface area (Å²) < 4.78 is 5.31. The fourth-order valence-corrected chi connectivity index (χ4v) is 6.10. The molecule has 1 saturated carbocycles. The van der Waals surface area contributed by atoms with Gasteiger partial charge in [0.15, 0.2) is 5.76 Å². The summed E-state index contributed by atoms with van der Waals surface area (Å²) >= 11 is 0. The van der Waals surface area contributed by atoms with Gasteiger partial charge in [-0.05, 0) is 93.3 Å². The molecule has 1 atom stereocenters. The summed E-state index contributed by atoms with van der Waals surface area (Å²) in [6, 6.07) is 17.3. The first kappa shape index (κ1) is 30.1. The molecule has 2 heterocycles. The molecule has 2 aliphatic rings. The van der Waals surface area contributed by atoms with Gasteiger partial charge in [0.05, 0.1) is 6.26 Å². The lowest BCUT2D eigenvalue weighted by atomic mass is 9.94. The van der Waals surface area contributed by atoms with Crippen molar-refractivity contribution in [2.24, 2.45) is 5.92 Å². The fraction of sp³-hybridized carbons (Fsp3) is 0.361. The summed E-state index contributed by atoms with van der Waals surface area (Å²) in [4.78, 5) is 40.5. The highest BCUT2D eigenvalue weighted by atomic mass is 16.3. The Balaban J connectivity index is 1.24. The largest absolute Gasteiger partial charge is 0.459 e. The number of carbonyl (C=O) groups excluding carboxylic acids is 3. The van der Waals surface area contributed by atoms with Crippen molar-refractivity contribution in [3.05, 3.63) is 107 Å². The van der Waals surface area contributed by atoms with Gasteiger partial charge in [-0.15, -0.1) is 0 Å². The number of rotatable bonds is 11. The number of hydrogen-bond donors (Lipinski definition) is 2. The first-order valence-corrected chi connectivity index (χ1v) is 15.3. The highest BCUT2D eigenvalue weighted by molar-refractivity contribution is 6.04. The molecule has 7 nitrogen and oxygen atoms in total. The number of anilines is 2. The Hall–Kier alpha value is -4.39. The Morgan fingerprint density at radius 3 is 2.67 bits per heavy atom. The maximum atomic E-state index is 13.1. The molecule has 224 valence electrons. The van der Waals surface area contributed by atoms with Crippen LogP contribution in [0.5, 0.6) is 0 Å². The summed E-state index contributed by atoms with van der Waals surface area (Å²) in [6.07, 6.45) is 10.2. The second-order valence-corrected chi connectivity index (χ2v) is 11.6. The molecule has 1 aliphatic heterocycles. The Bertz CT molecular complexity index is 1500. The molecule has 0 radical (unpaired) electrons. The summed E-state index contributed by atoms with van der Waals surface area (Å²) in [5.74, 6) is -0.0713. The van der Waals surface area contributed by atoms with E-state index in [1.165, 1.54) is 23.1 Å². The molecule has 1 aromatic heterocycles. The number of amides is 2. The normalized spacial score (nSPS) is 16.9. The predicted octanol–water partition coefficient (Wildman–Crippen LogP) is 7.05. The number of para-hydroxylation sites is 1. The van der Waals surface area contributed by atoms with Gasteiger partial charge < -0.3 is 20.0 Å². The van der Waals surface area contributed by atoms with E-state index in [-0.39, 0.29) is 23.5 Å². The van der Waals surface area contributed by atoms with Gasteiger partial charge in [-0.2, -0.15) is 0 Å². The van der Waals surface area contributed by atoms with Crippen molar-refractivity contribution in [3.63, 3.8) is 0 Å². The van der Waals surface area contributed by atoms with Crippen LogP contribution in [0.15, 0.2) is 89.1 Å². The van der Waals surface area contributed by atoms with E-state index in [0.29, 0.717) is 36.4 Å². The van der Waals surface area contributed by atoms with Gasteiger partial charge in [-0.25, -0.2) is 0 Å². The van der Waals surface area contributed by atoms with E-state index in [0.717, 1.165) is 62.8 Å². The van der Waals surface area contributed by atoms with Gasteiger partial charge in [0, 0.05) is 48.9 Å². The third-order valence-electron chi connectivity index (χ3n) is 8.53. The molecule has 1 aliphatic carbocycles. The maximum Gasteiger partial charge on any atom is 0.291 e. The molecule has 1 unspecified atom stereocenters. The van der Waals surface area contributed by atoms with Crippen molar-refractivity contribution < 1.29 is 18.8 Å². The lowest BCUT2D eigenvalue weighted by molar-refractivity contribution is -0.119. The molecular weight excluding hydrogens is 538 g/mol. The molecule has 43 heavy (non-hydrogen) atoms. The van der Waals surface area contributed by atoms with Crippen LogP contribution in [0.4, 0.5) is 11.4 Å². The molecule has 1 fully saturated rings. The molecule has 2 N–H and O–H groups in total. The lowest BCUT2D eigenvalue weighted by Crippen LogP contribution is -2.25. The minimum atomic E-state index is -0.357. The third kappa shape index (κ3) is 7.72. The minimum Gasteiger partial charge on any atom is -0.459 e. The number of carbonyl (C=O) groups is 3. The molecule has 3 aromatic rings. The van der Waals surface area contributed by atoms with Gasteiger partial charge in [-0.1, -0.05) is 48.1 Å². The molecule has 2 amide bonds. The van der Waals surface area contributed by atoms with Gasteiger partial charge in [0.25, 0.3) is 11.8 Å². The quantitative estimate of drug-likeness (QED) is 0.188. The summed E-state index contributed by atoms with van der Waals surface area (Å²) in [7, 11) is 0. The zero-order chi connectivity index (χ0) is 30.2. The van der Waals surface area contributed by atoms with E-state index in [2.05, 4.69) is 59.4 Å². The molecule has 7 heteroatoms. The second-order valence-electron chi connectivity index (χ2n) is 11.6. The van der Waals surface area contributed by atoms with Crippen LogP contribution in [0.1, 0.15) is 77.0 Å². The standard InChI is InChI=1S/C36H41N3O4/c1-25(30-12-5-14-33(30)40)10-6-19-37-35(41)29-17-16-28(31(24-29)38-36(42)34-15-8-22-43-34)23-27-11-7-20-39(21-18-27)32-13-4-3-9-26(32)2/h3-4,8-9,11,13,15-17,22,24,30H,1,5-7,10,12,14,18-21,23H2,2H3,(H,37,41)(H,38,42). The maximum absolute atomic E-state index is 13.1. The zero-order valence-corrected chi connectivity index (χ0v) is 25.0. The summed E-state index contributed by atoms with van der Waals surface area (Å²) in [5.41, 5.74) is 6.85. The first-order valence-electron chi connectivity index (χ1n) is 15.3. The first-order chi connectivity index (χ1) is 20.9. The Morgan fingerprint density at radius 2 is 1.91 bits per heavy atom. The van der Waals surface area contributed by atoms with Crippen molar-refractivity contribution in [1.82, 2.24) is 5.32 Å². The van der Waals surface area contributed by atoms with E-state index in [9.17, 15) is 14.4 Å². The van der Waals surface area contributed by atoms with Crippen molar-refractivity contribution >= 4 is 29.0 Å².